The number of nitrogens with zero attached hydrogens (tertiary/aromatic N) is 2. The Kier molecular flexibility index (Phi) is 6.05. The fourth-order valence-corrected chi connectivity index (χ4v) is 3.72. The Balaban J connectivity index is 2.04. The molecule has 0 fully saturated rings. The molecule has 0 aliphatic rings. The van der Waals surface area contributed by atoms with Crippen LogP contribution in [-0.2, 0) is 11.0 Å². The predicted molar refractivity (Wildman–Crippen MR) is 106 cm³/mol. The Morgan fingerprint density at radius 1 is 1.18 bits per heavy atom. The molecule has 0 aliphatic carbocycles. The molecule has 0 unspecified atom stereocenters. The lowest BCUT2D eigenvalue weighted by atomic mass is 10.1. The van der Waals surface area contributed by atoms with Gasteiger partial charge in [0.1, 0.15) is 0 Å². The summed E-state index contributed by atoms with van der Waals surface area (Å²) in [4.78, 5) is 18.4. The Hall–Kier alpha value is -2.38. The molecule has 1 heterocycles. The maximum atomic E-state index is 13.1. The number of carbonyl (C=O) groups excluding carboxylic acids is 1. The molecule has 2 aromatic carbocycles. The first kappa shape index (κ1) is 20.4. The summed E-state index contributed by atoms with van der Waals surface area (Å²) in [5, 5.41) is 2.61. The summed E-state index contributed by atoms with van der Waals surface area (Å²) in [7, 11) is 0. The highest BCUT2D eigenvalue weighted by molar-refractivity contribution is 7.14. The average molecular weight is 425 g/mol. The lowest BCUT2D eigenvalue weighted by Gasteiger charge is -2.21. The van der Waals surface area contributed by atoms with Gasteiger partial charge in [-0.3, -0.25) is 9.69 Å². The number of amides is 1. The second-order valence-electron chi connectivity index (χ2n) is 6.05. The standard InChI is InChI=1S/C20H16ClF3N2OS/c1-2-5-18(27)26(16-9-4-7-14(11-16)20(22,23)24)19-25-17(12-28-19)13-6-3-8-15(21)10-13/h3-4,6-12H,2,5H2,1H3. The molecule has 1 aromatic heterocycles. The van der Waals surface area contributed by atoms with Gasteiger partial charge in [-0.25, -0.2) is 4.98 Å². The molecule has 3 rings (SSSR count). The quantitative estimate of drug-likeness (QED) is 0.444. The number of halogens is 4. The minimum Gasteiger partial charge on any atom is -0.274 e. The van der Waals surface area contributed by atoms with Gasteiger partial charge in [0.05, 0.1) is 16.9 Å². The van der Waals surface area contributed by atoms with Crippen LogP contribution in [0.15, 0.2) is 53.9 Å². The molecule has 28 heavy (non-hydrogen) atoms. The third kappa shape index (κ3) is 4.54. The molecule has 3 aromatic rings. The Morgan fingerprint density at radius 3 is 2.61 bits per heavy atom. The summed E-state index contributed by atoms with van der Waals surface area (Å²) < 4.78 is 39.4. The van der Waals surface area contributed by atoms with Gasteiger partial charge in [-0.05, 0) is 36.8 Å². The van der Waals surface area contributed by atoms with Crippen molar-refractivity contribution >= 4 is 39.7 Å². The van der Waals surface area contributed by atoms with Gasteiger partial charge in [-0.15, -0.1) is 11.3 Å². The monoisotopic (exact) mass is 424 g/mol. The molecular formula is C20H16ClF3N2OS. The summed E-state index contributed by atoms with van der Waals surface area (Å²) in [6.45, 7) is 1.83. The molecule has 3 nitrogen and oxygen atoms in total. The van der Waals surface area contributed by atoms with E-state index in [9.17, 15) is 18.0 Å². The van der Waals surface area contributed by atoms with E-state index in [1.54, 1.807) is 23.6 Å². The van der Waals surface area contributed by atoms with E-state index in [1.807, 2.05) is 13.0 Å². The van der Waals surface area contributed by atoms with Gasteiger partial charge in [0.15, 0.2) is 5.13 Å². The van der Waals surface area contributed by atoms with Crippen molar-refractivity contribution in [3.8, 4) is 11.3 Å². The zero-order valence-electron chi connectivity index (χ0n) is 14.8. The van der Waals surface area contributed by atoms with Crippen molar-refractivity contribution in [1.82, 2.24) is 4.98 Å². The Morgan fingerprint density at radius 2 is 1.93 bits per heavy atom. The molecule has 0 N–H and O–H groups in total. The minimum atomic E-state index is -4.50. The first-order chi connectivity index (χ1) is 13.3. The zero-order valence-corrected chi connectivity index (χ0v) is 16.4. The van der Waals surface area contributed by atoms with E-state index in [0.29, 0.717) is 22.3 Å². The number of thiazole rings is 1. The number of carbonyl (C=O) groups is 1. The van der Waals surface area contributed by atoms with Gasteiger partial charge < -0.3 is 0 Å². The second-order valence-corrected chi connectivity index (χ2v) is 7.33. The summed E-state index contributed by atoms with van der Waals surface area (Å²) in [5.74, 6) is -0.311. The topological polar surface area (TPSA) is 33.2 Å². The number of alkyl halides is 3. The SMILES string of the molecule is CCCC(=O)N(c1cccc(C(F)(F)F)c1)c1nc(-c2cccc(Cl)c2)cs1. The first-order valence-corrected chi connectivity index (χ1v) is 9.77. The third-order valence-corrected chi connectivity index (χ3v) is 5.01. The van der Waals surface area contributed by atoms with Crippen LogP contribution in [0.4, 0.5) is 24.0 Å². The molecule has 8 heteroatoms. The van der Waals surface area contributed by atoms with Crippen LogP contribution in [0.2, 0.25) is 5.02 Å². The van der Waals surface area contributed by atoms with Crippen LogP contribution < -0.4 is 4.90 Å². The molecule has 0 atom stereocenters. The maximum absolute atomic E-state index is 13.1. The van der Waals surface area contributed by atoms with E-state index in [4.69, 9.17) is 11.6 Å². The molecule has 146 valence electrons. The van der Waals surface area contributed by atoms with Gasteiger partial charge in [0.25, 0.3) is 0 Å². The average Bonchev–Trinajstić information content (AvgIpc) is 3.11. The lowest BCUT2D eigenvalue weighted by molar-refractivity contribution is -0.137. The largest absolute Gasteiger partial charge is 0.416 e. The molecule has 0 aliphatic heterocycles. The summed E-state index contributed by atoms with van der Waals surface area (Å²) >= 11 is 7.21. The van der Waals surface area contributed by atoms with Crippen LogP contribution in [0.25, 0.3) is 11.3 Å². The van der Waals surface area contributed by atoms with Crippen LogP contribution in [0, 0.1) is 0 Å². The van der Waals surface area contributed by atoms with Gasteiger partial charge in [0, 0.05) is 22.4 Å². The molecule has 0 bridgehead atoms. The normalized spacial score (nSPS) is 11.5. The number of anilines is 2. The first-order valence-electron chi connectivity index (χ1n) is 8.51. The van der Waals surface area contributed by atoms with Gasteiger partial charge in [-0.1, -0.05) is 36.7 Å². The summed E-state index contributed by atoms with van der Waals surface area (Å²) in [5.41, 5.74) is 0.692. The van der Waals surface area contributed by atoms with Crippen molar-refractivity contribution in [2.75, 3.05) is 4.90 Å². The van der Waals surface area contributed by atoms with Crippen LogP contribution in [0.3, 0.4) is 0 Å². The molecule has 0 saturated carbocycles. The Bertz CT molecular complexity index is 987. The number of hydrogen-bond donors (Lipinski definition) is 0. The highest BCUT2D eigenvalue weighted by Crippen LogP contribution is 2.36. The van der Waals surface area contributed by atoms with Crippen molar-refractivity contribution < 1.29 is 18.0 Å². The zero-order chi connectivity index (χ0) is 20.3. The lowest BCUT2D eigenvalue weighted by Crippen LogP contribution is -2.25. The van der Waals surface area contributed by atoms with Crippen molar-refractivity contribution in [2.45, 2.75) is 25.9 Å². The summed E-state index contributed by atoms with van der Waals surface area (Å²) in [6, 6.07) is 11.8. The van der Waals surface area contributed by atoms with Gasteiger partial charge >= 0.3 is 6.18 Å². The van der Waals surface area contributed by atoms with E-state index in [0.717, 1.165) is 17.7 Å². The predicted octanol–water partition coefficient (Wildman–Crippen LogP) is 6.95. The number of benzene rings is 2. The van der Waals surface area contributed by atoms with Crippen LogP contribution in [0.5, 0.6) is 0 Å². The Labute approximate surface area is 169 Å². The number of aromatic nitrogens is 1. The fraction of sp³-hybridized carbons (Fsp3) is 0.200. The molecule has 1 amide bonds. The van der Waals surface area contributed by atoms with Crippen molar-refractivity contribution in [1.29, 1.82) is 0 Å². The fourth-order valence-electron chi connectivity index (χ4n) is 2.66. The van der Waals surface area contributed by atoms with E-state index in [2.05, 4.69) is 4.98 Å². The van der Waals surface area contributed by atoms with Gasteiger partial charge in [0.2, 0.25) is 5.91 Å². The van der Waals surface area contributed by atoms with Crippen LogP contribution >= 0.6 is 22.9 Å². The van der Waals surface area contributed by atoms with Crippen LogP contribution in [-0.4, -0.2) is 10.9 Å². The van der Waals surface area contributed by atoms with Crippen molar-refractivity contribution in [3.05, 3.63) is 64.5 Å². The molecule has 0 radical (unpaired) electrons. The second kappa shape index (κ2) is 8.32. The van der Waals surface area contributed by atoms with E-state index >= 15 is 0 Å². The van der Waals surface area contributed by atoms with Crippen molar-refractivity contribution in [2.24, 2.45) is 0 Å². The highest BCUT2D eigenvalue weighted by Gasteiger charge is 2.32. The van der Waals surface area contributed by atoms with Crippen LogP contribution in [0.1, 0.15) is 25.3 Å². The maximum Gasteiger partial charge on any atom is 0.416 e. The molecule has 0 spiro atoms. The smallest absolute Gasteiger partial charge is 0.274 e. The number of rotatable bonds is 5. The van der Waals surface area contributed by atoms with E-state index < -0.39 is 11.7 Å². The van der Waals surface area contributed by atoms with E-state index in [1.165, 1.54) is 28.4 Å². The van der Waals surface area contributed by atoms with E-state index in [-0.39, 0.29) is 18.0 Å². The highest BCUT2D eigenvalue weighted by atomic mass is 35.5. The molecule has 0 saturated heterocycles. The minimum absolute atomic E-state index is 0.139. The summed E-state index contributed by atoms with van der Waals surface area (Å²) in [6.07, 6.45) is -3.73. The van der Waals surface area contributed by atoms with Gasteiger partial charge in [-0.2, -0.15) is 13.2 Å². The van der Waals surface area contributed by atoms with Crippen molar-refractivity contribution in [3.63, 3.8) is 0 Å². The molecular weight excluding hydrogens is 409 g/mol. The third-order valence-electron chi connectivity index (χ3n) is 3.95. The number of hydrogen-bond acceptors (Lipinski definition) is 3.